The van der Waals surface area contributed by atoms with Crippen molar-refractivity contribution in [3.05, 3.63) is 59.7 Å². The average molecular weight is 471 g/mol. The fraction of sp³-hybridized carbons (Fsp3) is 0.480. The molecule has 0 bridgehead atoms. The molecule has 2 aromatic carbocycles. The maximum Gasteiger partial charge on any atom is 0.243 e. The number of nitrogens with one attached hydrogen (secondary N) is 1. The number of rotatable bonds is 6. The van der Waals surface area contributed by atoms with Crippen LogP contribution in [0, 0.1) is 12.8 Å². The maximum absolute atomic E-state index is 13.0. The van der Waals surface area contributed by atoms with Crippen molar-refractivity contribution >= 4 is 21.6 Å². The van der Waals surface area contributed by atoms with Crippen LogP contribution in [-0.4, -0.2) is 69.8 Å². The van der Waals surface area contributed by atoms with E-state index < -0.39 is 10.0 Å². The Labute approximate surface area is 197 Å². The van der Waals surface area contributed by atoms with E-state index in [1.165, 1.54) is 9.99 Å². The number of piperazine rings is 1. The molecule has 2 fully saturated rings. The lowest BCUT2D eigenvalue weighted by atomic mass is 9.98. The number of hydrogen-bond donors (Lipinski definition) is 1. The normalized spacial score (nSPS) is 20.5. The van der Waals surface area contributed by atoms with Crippen LogP contribution in [0.5, 0.6) is 0 Å². The molecule has 2 aromatic rings. The first-order valence-electron chi connectivity index (χ1n) is 11.7. The minimum atomic E-state index is -3.59. The first kappa shape index (κ1) is 23.7. The highest BCUT2D eigenvalue weighted by Crippen LogP contribution is 2.24. The zero-order valence-corrected chi connectivity index (χ0v) is 20.4. The molecule has 1 amide bonds. The monoisotopic (exact) mass is 470 g/mol. The van der Waals surface area contributed by atoms with E-state index in [0.29, 0.717) is 25.9 Å². The van der Waals surface area contributed by atoms with Crippen molar-refractivity contribution < 1.29 is 13.2 Å². The fourth-order valence-corrected chi connectivity index (χ4v) is 5.98. The van der Waals surface area contributed by atoms with Crippen LogP contribution in [0.1, 0.15) is 24.0 Å². The lowest BCUT2D eigenvalue weighted by Crippen LogP contribution is -2.45. The van der Waals surface area contributed by atoms with Crippen molar-refractivity contribution in [3.8, 4) is 0 Å². The molecule has 0 radical (unpaired) electrons. The summed E-state index contributed by atoms with van der Waals surface area (Å²) in [6, 6.07) is 15.2. The van der Waals surface area contributed by atoms with Gasteiger partial charge in [-0.3, -0.25) is 4.79 Å². The summed E-state index contributed by atoms with van der Waals surface area (Å²) >= 11 is 0. The zero-order chi connectivity index (χ0) is 23.4. The Kier molecular flexibility index (Phi) is 7.36. The molecular weight excluding hydrogens is 436 g/mol. The Morgan fingerprint density at radius 1 is 0.970 bits per heavy atom. The van der Waals surface area contributed by atoms with Gasteiger partial charge in [-0.25, -0.2) is 8.42 Å². The van der Waals surface area contributed by atoms with Gasteiger partial charge in [0.2, 0.25) is 15.9 Å². The van der Waals surface area contributed by atoms with Gasteiger partial charge in [0.1, 0.15) is 0 Å². The summed E-state index contributed by atoms with van der Waals surface area (Å²) in [5.41, 5.74) is 3.27. The van der Waals surface area contributed by atoms with Gasteiger partial charge in [-0.05, 0) is 56.6 Å². The van der Waals surface area contributed by atoms with Crippen molar-refractivity contribution in [1.82, 2.24) is 14.5 Å². The molecule has 2 aliphatic rings. The third-order valence-electron chi connectivity index (χ3n) is 6.69. The van der Waals surface area contributed by atoms with Crippen LogP contribution in [0.2, 0.25) is 0 Å². The van der Waals surface area contributed by atoms with E-state index in [1.807, 2.05) is 6.92 Å². The van der Waals surface area contributed by atoms with E-state index in [4.69, 9.17) is 0 Å². The molecule has 2 saturated heterocycles. The number of hydrogen-bond acceptors (Lipinski definition) is 5. The summed E-state index contributed by atoms with van der Waals surface area (Å²) in [7, 11) is -1.44. The molecule has 2 aliphatic heterocycles. The quantitative estimate of drug-likeness (QED) is 0.702. The second-order valence-electron chi connectivity index (χ2n) is 9.19. The Bertz CT molecular complexity index is 1050. The summed E-state index contributed by atoms with van der Waals surface area (Å²) in [5.74, 6) is -0.412. The van der Waals surface area contributed by atoms with Crippen LogP contribution < -0.4 is 10.2 Å². The standard InChI is InChI=1S/C25H34N4O3S/c1-20-5-11-24(12-6-20)33(31,32)29-13-3-4-22(19-29)25(30)26-18-21-7-9-23(10-8-21)28-16-14-27(2)15-17-28/h5-12,22H,3-4,13-19H2,1-2H3,(H,26,30). The molecule has 1 unspecified atom stereocenters. The molecule has 178 valence electrons. The van der Waals surface area contributed by atoms with Gasteiger partial charge in [0.15, 0.2) is 0 Å². The van der Waals surface area contributed by atoms with E-state index in [1.54, 1.807) is 24.3 Å². The summed E-state index contributed by atoms with van der Waals surface area (Å²) in [6.07, 6.45) is 1.39. The smallest absolute Gasteiger partial charge is 0.243 e. The fourth-order valence-electron chi connectivity index (χ4n) is 4.46. The van der Waals surface area contributed by atoms with Crippen LogP contribution in [0.15, 0.2) is 53.4 Å². The molecule has 33 heavy (non-hydrogen) atoms. The maximum atomic E-state index is 13.0. The van der Waals surface area contributed by atoms with Gasteiger partial charge in [0, 0.05) is 51.5 Å². The van der Waals surface area contributed by atoms with E-state index in [2.05, 4.69) is 46.4 Å². The largest absolute Gasteiger partial charge is 0.369 e. The van der Waals surface area contributed by atoms with Gasteiger partial charge in [-0.15, -0.1) is 0 Å². The van der Waals surface area contributed by atoms with Gasteiger partial charge in [0.25, 0.3) is 0 Å². The lowest BCUT2D eigenvalue weighted by Gasteiger charge is -2.34. The topological polar surface area (TPSA) is 73.0 Å². The highest BCUT2D eigenvalue weighted by Gasteiger charge is 2.33. The summed E-state index contributed by atoms with van der Waals surface area (Å²) in [5, 5.41) is 3.01. The van der Waals surface area contributed by atoms with E-state index >= 15 is 0 Å². The van der Waals surface area contributed by atoms with Crippen molar-refractivity contribution in [2.45, 2.75) is 31.2 Å². The molecule has 8 heteroatoms. The van der Waals surface area contributed by atoms with Crippen molar-refractivity contribution in [3.63, 3.8) is 0 Å². The van der Waals surface area contributed by atoms with Crippen molar-refractivity contribution in [2.75, 3.05) is 51.2 Å². The lowest BCUT2D eigenvalue weighted by molar-refractivity contribution is -0.126. The molecule has 0 saturated carbocycles. The first-order valence-corrected chi connectivity index (χ1v) is 13.1. The Balaban J connectivity index is 1.31. The molecule has 1 N–H and O–H groups in total. The summed E-state index contributed by atoms with van der Waals surface area (Å²) in [6.45, 7) is 7.23. The average Bonchev–Trinajstić information content (AvgIpc) is 2.84. The molecule has 0 spiro atoms. The third-order valence-corrected chi connectivity index (χ3v) is 8.56. The van der Waals surface area contributed by atoms with Gasteiger partial charge in [-0.1, -0.05) is 29.8 Å². The molecule has 4 rings (SSSR count). The highest BCUT2D eigenvalue weighted by molar-refractivity contribution is 7.89. The summed E-state index contributed by atoms with van der Waals surface area (Å²) in [4.78, 5) is 17.8. The van der Waals surface area contributed by atoms with Gasteiger partial charge >= 0.3 is 0 Å². The number of nitrogens with zero attached hydrogens (tertiary/aromatic N) is 3. The number of sulfonamides is 1. The van der Waals surface area contributed by atoms with E-state index in [9.17, 15) is 13.2 Å². The van der Waals surface area contributed by atoms with Crippen molar-refractivity contribution in [2.24, 2.45) is 5.92 Å². The molecule has 0 aliphatic carbocycles. The second kappa shape index (κ2) is 10.2. The van der Waals surface area contributed by atoms with Crippen LogP contribution in [0.3, 0.4) is 0 Å². The number of likely N-dealkylation sites (N-methyl/N-ethyl adjacent to an activating group) is 1. The Morgan fingerprint density at radius 3 is 2.30 bits per heavy atom. The Morgan fingerprint density at radius 2 is 1.64 bits per heavy atom. The van der Waals surface area contributed by atoms with Gasteiger partial charge in [0.05, 0.1) is 10.8 Å². The van der Waals surface area contributed by atoms with Crippen LogP contribution in [-0.2, 0) is 21.4 Å². The first-order chi connectivity index (χ1) is 15.8. The number of piperidine rings is 1. The summed E-state index contributed by atoms with van der Waals surface area (Å²) < 4.78 is 27.5. The number of amides is 1. The minimum absolute atomic E-state index is 0.0815. The zero-order valence-electron chi connectivity index (χ0n) is 19.5. The predicted octanol–water partition coefficient (Wildman–Crippen LogP) is 2.46. The molecular formula is C25H34N4O3S. The number of aryl methyl sites for hydroxylation is 1. The molecule has 7 nitrogen and oxygen atoms in total. The number of anilines is 1. The highest BCUT2D eigenvalue weighted by atomic mass is 32.2. The SMILES string of the molecule is Cc1ccc(S(=O)(=O)N2CCCC(C(=O)NCc3ccc(N4CCN(C)CC4)cc3)C2)cc1. The number of carbonyl (C=O) groups is 1. The van der Waals surface area contributed by atoms with Crippen LogP contribution in [0.4, 0.5) is 5.69 Å². The molecule has 1 atom stereocenters. The van der Waals surface area contributed by atoms with Crippen LogP contribution >= 0.6 is 0 Å². The van der Waals surface area contributed by atoms with Crippen LogP contribution in [0.25, 0.3) is 0 Å². The number of carbonyl (C=O) groups excluding carboxylic acids is 1. The Hall–Kier alpha value is -2.42. The van der Waals surface area contributed by atoms with Gasteiger partial charge in [-0.2, -0.15) is 4.31 Å². The van der Waals surface area contributed by atoms with Crippen molar-refractivity contribution in [1.29, 1.82) is 0 Å². The third kappa shape index (κ3) is 5.75. The number of benzene rings is 2. The van der Waals surface area contributed by atoms with E-state index in [-0.39, 0.29) is 23.3 Å². The van der Waals surface area contributed by atoms with Gasteiger partial charge < -0.3 is 15.1 Å². The second-order valence-corrected chi connectivity index (χ2v) is 11.1. The van der Waals surface area contributed by atoms with E-state index in [0.717, 1.165) is 37.3 Å². The minimum Gasteiger partial charge on any atom is -0.369 e. The predicted molar refractivity (Wildman–Crippen MR) is 131 cm³/mol. The molecule has 2 heterocycles. The molecule has 0 aromatic heterocycles.